The van der Waals surface area contributed by atoms with Crippen LogP contribution in [0, 0.1) is 0 Å². The first-order chi connectivity index (χ1) is 13.7. The van der Waals surface area contributed by atoms with Gasteiger partial charge >= 0.3 is 0 Å². The number of imidazole rings is 1. The van der Waals surface area contributed by atoms with Crippen molar-refractivity contribution < 1.29 is 9.53 Å². The molecule has 0 N–H and O–H groups in total. The van der Waals surface area contributed by atoms with Gasteiger partial charge in [0.1, 0.15) is 17.1 Å². The van der Waals surface area contributed by atoms with Crippen LogP contribution in [0.25, 0.3) is 11.4 Å². The lowest BCUT2D eigenvalue weighted by molar-refractivity contribution is -0.0906. The summed E-state index contributed by atoms with van der Waals surface area (Å²) in [6.45, 7) is 2.20. The Kier molecular flexibility index (Phi) is 4.33. The lowest BCUT2D eigenvalue weighted by atomic mass is 9.85. The minimum Gasteiger partial charge on any atom is -0.369 e. The zero-order valence-corrected chi connectivity index (χ0v) is 16.7. The number of fused-ring (bicyclic) bond motifs is 2. The number of hydrogen-bond donors (Lipinski definition) is 0. The van der Waals surface area contributed by atoms with Crippen molar-refractivity contribution in [2.45, 2.75) is 24.9 Å². The van der Waals surface area contributed by atoms with Gasteiger partial charge < -0.3 is 14.2 Å². The van der Waals surface area contributed by atoms with Crippen molar-refractivity contribution in [2.24, 2.45) is 7.05 Å². The zero-order chi connectivity index (χ0) is 19.1. The molecule has 5 rings (SSSR count). The van der Waals surface area contributed by atoms with Gasteiger partial charge in [0.2, 0.25) is 0 Å². The van der Waals surface area contributed by atoms with E-state index in [0.29, 0.717) is 18.8 Å². The van der Waals surface area contributed by atoms with Crippen LogP contribution >= 0.6 is 11.3 Å². The predicted molar refractivity (Wildman–Crippen MR) is 109 cm³/mol. The summed E-state index contributed by atoms with van der Waals surface area (Å²) in [4.78, 5) is 21.0. The fraction of sp³-hybridized carbons (Fsp3) is 0.364. The molecule has 4 heterocycles. The fourth-order valence-corrected chi connectivity index (χ4v) is 5.59. The molecule has 0 radical (unpaired) electrons. The number of nitrogens with zero attached hydrogens (tertiary/aromatic N) is 3. The van der Waals surface area contributed by atoms with E-state index >= 15 is 0 Å². The number of hydrogen-bond acceptors (Lipinski definition) is 4. The highest BCUT2D eigenvalue weighted by molar-refractivity contribution is 7.10. The van der Waals surface area contributed by atoms with Crippen LogP contribution < -0.4 is 0 Å². The molecule has 2 aliphatic heterocycles. The summed E-state index contributed by atoms with van der Waals surface area (Å²) in [5, 5.41) is 2.17. The number of carbonyl (C=O) groups is 1. The van der Waals surface area contributed by atoms with Crippen molar-refractivity contribution in [2.75, 3.05) is 19.7 Å². The van der Waals surface area contributed by atoms with Crippen LogP contribution in [0.5, 0.6) is 0 Å². The molecule has 5 nitrogen and oxygen atoms in total. The Morgan fingerprint density at radius 3 is 2.75 bits per heavy atom. The highest BCUT2D eigenvalue weighted by atomic mass is 32.1. The molecule has 0 aliphatic carbocycles. The second kappa shape index (κ2) is 6.87. The summed E-state index contributed by atoms with van der Waals surface area (Å²) in [5.74, 6) is 0.866. The van der Waals surface area contributed by atoms with E-state index < -0.39 is 0 Å². The van der Waals surface area contributed by atoms with E-state index in [1.165, 1.54) is 10.4 Å². The zero-order valence-electron chi connectivity index (χ0n) is 15.9. The number of likely N-dealkylation sites (tertiary alicyclic amines) is 1. The lowest BCUT2D eigenvalue weighted by Crippen LogP contribution is -2.48. The first-order valence-electron chi connectivity index (χ1n) is 9.75. The van der Waals surface area contributed by atoms with Gasteiger partial charge in [-0.15, -0.1) is 11.3 Å². The Bertz CT molecular complexity index is 1000. The molecule has 2 aliphatic rings. The SMILES string of the molecule is Cn1c(C(=O)N2CCC3(CC2)OCCc2ccsc23)cnc1-c1ccccc1. The van der Waals surface area contributed by atoms with Crippen molar-refractivity contribution in [3.63, 3.8) is 0 Å². The molecular weight excluding hydrogens is 370 g/mol. The Hall–Kier alpha value is -2.44. The van der Waals surface area contributed by atoms with Crippen LogP contribution in [0.15, 0.2) is 48.0 Å². The molecule has 1 fully saturated rings. The second-order valence-corrected chi connectivity index (χ2v) is 8.47. The molecule has 28 heavy (non-hydrogen) atoms. The number of benzene rings is 1. The van der Waals surface area contributed by atoms with Crippen molar-refractivity contribution in [3.8, 4) is 11.4 Å². The number of piperidine rings is 1. The summed E-state index contributed by atoms with van der Waals surface area (Å²) in [5.41, 5.74) is 2.88. The molecule has 144 valence electrons. The smallest absolute Gasteiger partial charge is 0.272 e. The Balaban J connectivity index is 1.34. The summed E-state index contributed by atoms with van der Waals surface area (Å²) in [6, 6.07) is 12.2. The van der Waals surface area contributed by atoms with E-state index in [-0.39, 0.29) is 11.5 Å². The number of aromatic nitrogens is 2. The van der Waals surface area contributed by atoms with Crippen LogP contribution in [0.4, 0.5) is 0 Å². The van der Waals surface area contributed by atoms with E-state index in [2.05, 4.69) is 16.4 Å². The molecule has 0 unspecified atom stereocenters. The third-order valence-electron chi connectivity index (χ3n) is 6.01. The number of rotatable bonds is 2. The highest BCUT2D eigenvalue weighted by Gasteiger charge is 2.42. The quantitative estimate of drug-likeness (QED) is 0.664. The molecule has 0 saturated carbocycles. The van der Waals surface area contributed by atoms with E-state index in [4.69, 9.17) is 4.74 Å². The van der Waals surface area contributed by atoms with Crippen LogP contribution in [0.1, 0.15) is 33.8 Å². The Morgan fingerprint density at radius 2 is 1.96 bits per heavy atom. The Labute approximate surface area is 168 Å². The van der Waals surface area contributed by atoms with Gasteiger partial charge in [0.25, 0.3) is 5.91 Å². The van der Waals surface area contributed by atoms with E-state index in [1.54, 1.807) is 17.5 Å². The maximum absolute atomic E-state index is 13.2. The molecule has 3 aromatic rings. The van der Waals surface area contributed by atoms with Gasteiger partial charge in [-0.25, -0.2) is 4.98 Å². The lowest BCUT2D eigenvalue weighted by Gasteiger charge is -2.43. The van der Waals surface area contributed by atoms with Crippen LogP contribution in [0.2, 0.25) is 0 Å². The molecule has 6 heteroatoms. The summed E-state index contributed by atoms with van der Waals surface area (Å²) < 4.78 is 8.16. The highest BCUT2D eigenvalue weighted by Crippen LogP contribution is 2.44. The maximum atomic E-state index is 13.2. The standard InChI is InChI=1S/C22H23N3O2S/c1-24-18(15-23-20(24)17-5-3-2-4-6-17)21(26)25-11-9-22(10-12-25)19-16(7-13-27-22)8-14-28-19/h2-6,8,14-15H,7,9-13H2,1H3. The van der Waals surface area contributed by atoms with Gasteiger partial charge in [-0.3, -0.25) is 4.79 Å². The van der Waals surface area contributed by atoms with Crippen molar-refractivity contribution in [1.82, 2.24) is 14.5 Å². The van der Waals surface area contributed by atoms with Gasteiger partial charge in [-0.1, -0.05) is 30.3 Å². The molecule has 1 aromatic carbocycles. The second-order valence-electron chi connectivity index (χ2n) is 7.55. The summed E-state index contributed by atoms with van der Waals surface area (Å²) >= 11 is 1.80. The third-order valence-corrected chi connectivity index (χ3v) is 7.15. The molecule has 1 amide bonds. The fourth-order valence-electron chi connectivity index (χ4n) is 4.42. The van der Waals surface area contributed by atoms with Crippen LogP contribution in [-0.2, 0) is 23.8 Å². The average Bonchev–Trinajstić information content (AvgIpc) is 3.36. The molecule has 2 aromatic heterocycles. The minimum atomic E-state index is -0.194. The molecule has 1 spiro atoms. The van der Waals surface area contributed by atoms with Crippen LogP contribution in [-0.4, -0.2) is 40.1 Å². The first kappa shape index (κ1) is 17.6. The number of amides is 1. The summed E-state index contributed by atoms with van der Waals surface area (Å²) in [6.07, 6.45) is 4.41. The van der Waals surface area contributed by atoms with Gasteiger partial charge in [-0.05, 0) is 36.3 Å². The van der Waals surface area contributed by atoms with Gasteiger partial charge in [0.05, 0.1) is 12.8 Å². The van der Waals surface area contributed by atoms with Crippen LogP contribution in [0.3, 0.4) is 0 Å². The van der Waals surface area contributed by atoms with Crippen molar-refractivity contribution in [3.05, 3.63) is 64.1 Å². The van der Waals surface area contributed by atoms with E-state index in [0.717, 1.165) is 37.3 Å². The monoisotopic (exact) mass is 393 g/mol. The normalized spacial score (nSPS) is 18.2. The minimum absolute atomic E-state index is 0.0502. The molecular formula is C22H23N3O2S. The largest absolute Gasteiger partial charge is 0.369 e. The van der Waals surface area contributed by atoms with Crippen molar-refractivity contribution >= 4 is 17.2 Å². The van der Waals surface area contributed by atoms with Gasteiger partial charge in [0, 0.05) is 30.6 Å². The molecule has 0 atom stereocenters. The van der Waals surface area contributed by atoms with Gasteiger partial charge in [-0.2, -0.15) is 0 Å². The predicted octanol–water partition coefficient (Wildman–Crippen LogP) is 3.85. The molecule has 1 saturated heterocycles. The number of carbonyl (C=O) groups excluding carboxylic acids is 1. The van der Waals surface area contributed by atoms with Gasteiger partial charge in [0.15, 0.2) is 0 Å². The number of ether oxygens (including phenoxy) is 1. The van der Waals surface area contributed by atoms with Crippen molar-refractivity contribution in [1.29, 1.82) is 0 Å². The average molecular weight is 394 g/mol. The van der Waals surface area contributed by atoms with E-state index in [9.17, 15) is 4.79 Å². The molecule has 0 bridgehead atoms. The topological polar surface area (TPSA) is 47.4 Å². The maximum Gasteiger partial charge on any atom is 0.272 e. The third kappa shape index (κ3) is 2.79. The van der Waals surface area contributed by atoms with E-state index in [1.807, 2.05) is 46.8 Å². The number of thiophene rings is 1. The summed E-state index contributed by atoms with van der Waals surface area (Å²) in [7, 11) is 1.91. The Morgan fingerprint density at radius 1 is 1.18 bits per heavy atom. The first-order valence-corrected chi connectivity index (χ1v) is 10.6.